The highest BCUT2D eigenvalue weighted by Crippen LogP contribution is 2.81. The number of phenols is 1. The average Bonchev–Trinajstić information content (AvgIpc) is 3.18. The minimum atomic E-state index is -1.71. The summed E-state index contributed by atoms with van der Waals surface area (Å²) in [5.74, 6) is -3.46. The lowest BCUT2D eigenvalue weighted by Crippen LogP contribution is -2.80. The van der Waals surface area contributed by atoms with E-state index in [0.717, 1.165) is 0 Å². The third-order valence-electron chi connectivity index (χ3n) is 9.87. The second-order valence-corrected chi connectivity index (χ2v) is 12.2. The highest BCUT2D eigenvalue weighted by molar-refractivity contribution is 5.90. The van der Waals surface area contributed by atoms with Crippen LogP contribution in [0.2, 0.25) is 0 Å². The molecule has 0 amide bonds. The summed E-state index contributed by atoms with van der Waals surface area (Å²) < 4.78 is 35.6. The molecular weight excluding hydrogens is 568 g/mol. The van der Waals surface area contributed by atoms with E-state index >= 15 is 0 Å². The maximum atomic E-state index is 12.9. The van der Waals surface area contributed by atoms with E-state index < -0.39 is 83.9 Å². The summed E-state index contributed by atoms with van der Waals surface area (Å²) in [6.45, 7) is 1.01. The molecule has 4 heterocycles. The van der Waals surface area contributed by atoms with Gasteiger partial charge in [-0.25, -0.2) is 9.59 Å². The molecular formula is C30H32O13. The largest absolute Gasteiger partial charge is 0.508 e. The number of esters is 2. The van der Waals surface area contributed by atoms with Crippen molar-refractivity contribution in [2.45, 2.75) is 73.8 Å². The monoisotopic (exact) mass is 600 g/mol. The fourth-order valence-electron chi connectivity index (χ4n) is 7.70. The lowest BCUT2D eigenvalue weighted by molar-refractivity contribution is -0.424. The molecule has 4 saturated heterocycles. The Morgan fingerprint density at radius 2 is 1.58 bits per heavy atom. The van der Waals surface area contributed by atoms with E-state index in [2.05, 4.69) is 0 Å². The molecule has 13 nitrogen and oxygen atoms in total. The molecule has 11 atom stereocenters. The first-order valence-electron chi connectivity index (χ1n) is 14.1. The number of rotatable bonds is 8. The molecule has 3 aliphatic carbocycles. The molecule has 13 heteroatoms. The van der Waals surface area contributed by atoms with Gasteiger partial charge in [-0.3, -0.25) is 0 Å². The number of aliphatic hydroxyl groups excluding tert-OH is 3. The SMILES string of the molecule is C[C@@]12C[C@@]3(O)O[C@H](O1)[C@@]1(COC(=O)c4ccc(O)cc4)[C@@H]3C[C@]12O[C@@H]1O[C@H](COC(=O)c2ccccc2)[C@@H](O)[C@H](O)[C@H]1O. The number of ether oxygens (including phenoxy) is 6. The van der Waals surface area contributed by atoms with Crippen molar-refractivity contribution in [2.75, 3.05) is 13.2 Å². The van der Waals surface area contributed by atoms with Crippen LogP contribution in [0.25, 0.3) is 0 Å². The van der Waals surface area contributed by atoms with E-state index in [1.807, 2.05) is 0 Å². The zero-order chi connectivity index (χ0) is 30.4. The van der Waals surface area contributed by atoms with Gasteiger partial charge in [0.15, 0.2) is 18.4 Å². The van der Waals surface area contributed by atoms with E-state index in [1.165, 1.54) is 24.3 Å². The first-order valence-corrected chi connectivity index (χ1v) is 14.1. The van der Waals surface area contributed by atoms with Crippen LogP contribution in [0.4, 0.5) is 0 Å². The molecule has 7 fully saturated rings. The summed E-state index contributed by atoms with van der Waals surface area (Å²) in [4.78, 5) is 25.4. The molecule has 230 valence electrons. The highest BCUT2D eigenvalue weighted by Gasteiger charge is 2.94. The number of benzene rings is 2. The lowest BCUT2D eigenvalue weighted by Gasteiger charge is -2.67. The summed E-state index contributed by atoms with van der Waals surface area (Å²) in [7, 11) is 0. The fraction of sp³-hybridized carbons (Fsp3) is 0.533. The third kappa shape index (κ3) is 3.93. The van der Waals surface area contributed by atoms with Crippen molar-refractivity contribution >= 4 is 11.9 Å². The van der Waals surface area contributed by atoms with Crippen molar-refractivity contribution in [3.05, 3.63) is 65.7 Å². The summed E-state index contributed by atoms with van der Waals surface area (Å²) >= 11 is 0. The van der Waals surface area contributed by atoms with Gasteiger partial charge in [-0.05, 0) is 49.7 Å². The average molecular weight is 601 g/mol. The van der Waals surface area contributed by atoms with E-state index in [-0.39, 0.29) is 36.3 Å². The molecule has 2 aromatic carbocycles. The quantitative estimate of drug-likeness (QED) is 0.259. The number of phenolic OH excluding ortho intramolecular Hbond substituents is 1. The van der Waals surface area contributed by atoms with Gasteiger partial charge in [-0.1, -0.05) is 18.2 Å². The second kappa shape index (κ2) is 9.68. The fourth-order valence-corrected chi connectivity index (χ4v) is 7.70. The molecule has 9 rings (SSSR count). The minimum Gasteiger partial charge on any atom is -0.508 e. The zero-order valence-corrected chi connectivity index (χ0v) is 23.1. The predicted molar refractivity (Wildman–Crippen MR) is 140 cm³/mol. The Balaban J connectivity index is 1.12. The Bertz CT molecular complexity index is 1420. The van der Waals surface area contributed by atoms with Crippen molar-refractivity contribution < 1.29 is 63.5 Å². The molecule has 0 radical (unpaired) electrons. The van der Waals surface area contributed by atoms with Crippen molar-refractivity contribution in [1.29, 1.82) is 0 Å². The number of carbonyl (C=O) groups is 2. The number of hydrogen-bond acceptors (Lipinski definition) is 13. The molecule has 5 N–H and O–H groups in total. The zero-order valence-electron chi connectivity index (χ0n) is 23.1. The Kier molecular flexibility index (Phi) is 6.44. The van der Waals surface area contributed by atoms with Crippen LogP contribution in [0.5, 0.6) is 5.75 Å². The van der Waals surface area contributed by atoms with Crippen LogP contribution in [0, 0.1) is 11.3 Å². The van der Waals surface area contributed by atoms with Crippen molar-refractivity contribution in [2.24, 2.45) is 11.3 Å². The summed E-state index contributed by atoms with van der Waals surface area (Å²) in [5, 5.41) is 53.2. The first-order chi connectivity index (χ1) is 20.4. The molecule has 4 aliphatic heterocycles. The van der Waals surface area contributed by atoms with Gasteiger partial charge in [0.2, 0.25) is 0 Å². The van der Waals surface area contributed by atoms with Crippen molar-refractivity contribution in [1.82, 2.24) is 0 Å². The standard InChI is InChI=1S/C30H32O13/c1-27-13-29(37)19-11-30(27,28(19,26(42-27)43-29)14-39-24(36)16-7-9-17(31)10-8-16)41-25-22(34)21(33)20(32)18(40-25)12-38-23(35)15-5-3-2-4-6-15/h2-10,18-22,25-26,31-34,37H,11-14H2,1H3/t18-,19+,20-,21+,22-,25+,26+,27+,28-,29-,30-/m1/s1. The Morgan fingerprint density at radius 1 is 0.907 bits per heavy atom. The van der Waals surface area contributed by atoms with Gasteiger partial charge in [0.05, 0.1) is 16.5 Å². The maximum Gasteiger partial charge on any atom is 0.338 e. The molecule has 6 bridgehead atoms. The van der Waals surface area contributed by atoms with E-state index in [4.69, 9.17) is 28.4 Å². The first kappa shape index (κ1) is 28.6. The number of aromatic hydroxyl groups is 1. The predicted octanol–water partition coefficient (Wildman–Crippen LogP) is 0.213. The number of carbonyl (C=O) groups excluding carboxylic acids is 2. The number of hydrogen-bond donors (Lipinski definition) is 5. The molecule has 3 saturated carbocycles. The molecule has 7 aliphatic rings. The maximum absolute atomic E-state index is 12.9. The topological polar surface area (TPSA) is 191 Å². The van der Waals surface area contributed by atoms with E-state index in [1.54, 1.807) is 37.3 Å². The molecule has 0 unspecified atom stereocenters. The third-order valence-corrected chi connectivity index (χ3v) is 9.87. The molecule has 43 heavy (non-hydrogen) atoms. The van der Waals surface area contributed by atoms with E-state index in [0.29, 0.717) is 0 Å². The van der Waals surface area contributed by atoms with Gasteiger partial charge in [0.1, 0.15) is 54.6 Å². The van der Waals surface area contributed by atoms with Crippen molar-refractivity contribution in [3.8, 4) is 5.75 Å². The second-order valence-electron chi connectivity index (χ2n) is 12.2. The Labute approximate surface area is 245 Å². The molecule has 0 aromatic heterocycles. The van der Waals surface area contributed by atoms with Gasteiger partial charge in [-0.15, -0.1) is 0 Å². The van der Waals surface area contributed by atoms with E-state index in [9.17, 15) is 35.1 Å². The summed E-state index contributed by atoms with van der Waals surface area (Å²) in [6, 6.07) is 13.7. The molecule has 2 aromatic rings. The minimum absolute atomic E-state index is 0.0149. The van der Waals surface area contributed by atoms with Crippen LogP contribution >= 0.6 is 0 Å². The highest BCUT2D eigenvalue weighted by atomic mass is 16.8. The van der Waals surface area contributed by atoms with Crippen LogP contribution in [0.15, 0.2) is 54.6 Å². The van der Waals surface area contributed by atoms with Crippen LogP contribution in [0.1, 0.15) is 40.5 Å². The Morgan fingerprint density at radius 3 is 2.30 bits per heavy atom. The van der Waals surface area contributed by atoms with Crippen LogP contribution < -0.4 is 0 Å². The summed E-state index contributed by atoms with van der Waals surface area (Å²) in [5.41, 5.74) is -3.18. The van der Waals surface area contributed by atoms with Gasteiger partial charge in [0.25, 0.3) is 0 Å². The Hall–Kier alpha value is -3.14. The van der Waals surface area contributed by atoms with Gasteiger partial charge in [0, 0.05) is 12.3 Å². The lowest BCUT2D eigenvalue weighted by atomic mass is 9.41. The van der Waals surface area contributed by atoms with Gasteiger partial charge >= 0.3 is 11.9 Å². The van der Waals surface area contributed by atoms with Crippen LogP contribution in [-0.2, 0) is 28.4 Å². The van der Waals surface area contributed by atoms with Gasteiger partial charge in [-0.2, -0.15) is 0 Å². The smallest absolute Gasteiger partial charge is 0.338 e. The van der Waals surface area contributed by atoms with Crippen molar-refractivity contribution in [3.63, 3.8) is 0 Å². The molecule has 0 spiro atoms. The van der Waals surface area contributed by atoms with Gasteiger partial charge < -0.3 is 54.0 Å². The van der Waals surface area contributed by atoms with Crippen LogP contribution in [-0.4, -0.2) is 105 Å². The summed E-state index contributed by atoms with van der Waals surface area (Å²) in [6.07, 6.45) is -8.57. The number of aliphatic hydroxyl groups is 4. The normalized spacial score (nSPS) is 43.7. The van der Waals surface area contributed by atoms with Crippen LogP contribution in [0.3, 0.4) is 0 Å².